The molecule has 0 aromatic rings. The summed E-state index contributed by atoms with van der Waals surface area (Å²) in [6.07, 6.45) is 0.754. The van der Waals surface area contributed by atoms with E-state index in [1.165, 1.54) is 7.11 Å². The van der Waals surface area contributed by atoms with Crippen molar-refractivity contribution in [1.82, 2.24) is 4.72 Å². The van der Waals surface area contributed by atoms with E-state index >= 15 is 0 Å². The molecule has 7 heteroatoms. The van der Waals surface area contributed by atoms with Crippen LogP contribution in [0.5, 0.6) is 0 Å². The minimum absolute atomic E-state index is 0.00213. The van der Waals surface area contributed by atoms with Gasteiger partial charge >= 0.3 is 0 Å². The Bertz CT molecular complexity index is 239. The van der Waals surface area contributed by atoms with Crippen molar-refractivity contribution < 1.29 is 18.3 Å². The van der Waals surface area contributed by atoms with Crippen LogP contribution in [0.1, 0.15) is 12.8 Å². The van der Waals surface area contributed by atoms with Gasteiger partial charge in [-0.25, -0.2) is 13.1 Å². The third-order valence-electron chi connectivity index (χ3n) is 1.74. The van der Waals surface area contributed by atoms with E-state index in [0.29, 0.717) is 18.7 Å². The molecule has 0 aliphatic carbocycles. The smallest absolute Gasteiger partial charge is 0.211 e. The highest BCUT2D eigenvalue weighted by Crippen LogP contribution is 1.98. The first-order valence-electron chi connectivity index (χ1n) is 4.71. The Hall–Kier alpha value is 0.120. The van der Waals surface area contributed by atoms with Gasteiger partial charge in [-0.3, -0.25) is 0 Å². The van der Waals surface area contributed by atoms with Crippen molar-refractivity contribution in [1.29, 1.82) is 0 Å². The maximum Gasteiger partial charge on any atom is 0.211 e. The molecule has 5 nitrogen and oxygen atoms in total. The minimum atomic E-state index is -3.31. The summed E-state index contributed by atoms with van der Waals surface area (Å²) in [5, 5.41) is 8.72. The van der Waals surface area contributed by atoms with Crippen LogP contribution in [0, 0.1) is 0 Å². The predicted octanol–water partition coefficient (Wildman–Crippen LogP) is -0.0679. The summed E-state index contributed by atoms with van der Waals surface area (Å²) in [6, 6.07) is -0.375. The lowest BCUT2D eigenvalue weighted by Crippen LogP contribution is -2.39. The van der Waals surface area contributed by atoms with Crippen LogP contribution in [0.3, 0.4) is 0 Å². The molecule has 0 aliphatic rings. The number of ether oxygens (including phenoxy) is 1. The molecule has 0 spiro atoms. The fourth-order valence-electron chi connectivity index (χ4n) is 1.09. The van der Waals surface area contributed by atoms with Crippen molar-refractivity contribution in [3.05, 3.63) is 0 Å². The second kappa shape index (κ2) is 8.29. The van der Waals surface area contributed by atoms with Gasteiger partial charge in [0.15, 0.2) is 0 Å². The number of nitrogens with one attached hydrogen (secondary N) is 1. The normalized spacial score (nSPS) is 14.1. The Balaban J connectivity index is 4.12. The van der Waals surface area contributed by atoms with Crippen molar-refractivity contribution in [2.45, 2.75) is 18.9 Å². The van der Waals surface area contributed by atoms with Gasteiger partial charge in [-0.05, 0) is 12.8 Å². The molecule has 0 bridgehead atoms. The topological polar surface area (TPSA) is 75.6 Å². The zero-order chi connectivity index (χ0) is 11.7. The highest BCUT2D eigenvalue weighted by molar-refractivity contribution is 7.89. The van der Waals surface area contributed by atoms with Crippen LogP contribution in [0.15, 0.2) is 0 Å². The maximum atomic E-state index is 11.4. The van der Waals surface area contributed by atoms with Crippen molar-refractivity contribution >= 4 is 21.6 Å². The Morgan fingerprint density at radius 3 is 2.67 bits per heavy atom. The molecule has 92 valence electrons. The third-order valence-corrected chi connectivity index (χ3v) is 3.52. The van der Waals surface area contributed by atoms with E-state index < -0.39 is 10.0 Å². The van der Waals surface area contributed by atoms with Gasteiger partial charge in [0.05, 0.1) is 12.4 Å². The zero-order valence-electron chi connectivity index (χ0n) is 8.78. The van der Waals surface area contributed by atoms with Gasteiger partial charge in [-0.15, -0.1) is 11.6 Å². The number of halogens is 1. The summed E-state index contributed by atoms with van der Waals surface area (Å²) >= 11 is 5.41. The lowest BCUT2D eigenvalue weighted by atomic mass is 10.2. The Morgan fingerprint density at radius 1 is 1.53 bits per heavy atom. The van der Waals surface area contributed by atoms with Crippen LogP contribution < -0.4 is 4.72 Å². The number of aliphatic hydroxyl groups excluding tert-OH is 1. The van der Waals surface area contributed by atoms with Crippen molar-refractivity contribution in [2.75, 3.05) is 32.0 Å². The maximum absolute atomic E-state index is 11.4. The third kappa shape index (κ3) is 7.98. The molecule has 0 heterocycles. The molecule has 2 N–H and O–H groups in total. The van der Waals surface area contributed by atoms with E-state index in [2.05, 4.69) is 4.72 Å². The van der Waals surface area contributed by atoms with Gasteiger partial charge < -0.3 is 9.84 Å². The number of hydrogen-bond acceptors (Lipinski definition) is 4. The van der Waals surface area contributed by atoms with Crippen LogP contribution in [0.2, 0.25) is 0 Å². The molecule has 0 aromatic carbocycles. The molecular weight excluding hydrogens is 242 g/mol. The van der Waals surface area contributed by atoms with Crippen LogP contribution in [-0.2, 0) is 14.8 Å². The summed E-state index contributed by atoms with van der Waals surface area (Å²) in [5.74, 6) is 0.317. The van der Waals surface area contributed by atoms with Gasteiger partial charge in [0.2, 0.25) is 10.0 Å². The Kier molecular flexibility index (Phi) is 8.36. The fraction of sp³-hybridized carbons (Fsp3) is 1.00. The van der Waals surface area contributed by atoms with E-state index in [0.717, 1.165) is 0 Å². The molecule has 0 amide bonds. The average molecular weight is 260 g/mol. The van der Waals surface area contributed by atoms with Gasteiger partial charge in [-0.1, -0.05) is 0 Å². The molecule has 0 aliphatic heterocycles. The van der Waals surface area contributed by atoms with E-state index in [1.807, 2.05) is 0 Å². The number of sulfonamides is 1. The lowest BCUT2D eigenvalue weighted by molar-refractivity contribution is 0.158. The quantitative estimate of drug-likeness (QED) is 0.569. The van der Waals surface area contributed by atoms with Crippen molar-refractivity contribution in [3.8, 4) is 0 Å². The van der Waals surface area contributed by atoms with Crippen LogP contribution in [0.25, 0.3) is 0 Å². The van der Waals surface area contributed by atoms with Crippen LogP contribution in [-0.4, -0.2) is 51.5 Å². The van der Waals surface area contributed by atoms with E-state index in [9.17, 15) is 8.42 Å². The summed E-state index contributed by atoms with van der Waals surface area (Å²) < 4.78 is 30.2. The molecule has 0 radical (unpaired) electrons. The first-order valence-corrected chi connectivity index (χ1v) is 6.90. The summed E-state index contributed by atoms with van der Waals surface area (Å²) in [6.45, 7) is 0.173. The van der Waals surface area contributed by atoms with Gasteiger partial charge in [0.25, 0.3) is 0 Å². The van der Waals surface area contributed by atoms with Crippen LogP contribution >= 0.6 is 11.6 Å². The van der Waals surface area contributed by atoms with Gasteiger partial charge in [-0.2, -0.15) is 0 Å². The molecular formula is C8H18ClNO4S. The summed E-state index contributed by atoms with van der Waals surface area (Å²) in [4.78, 5) is 0. The zero-order valence-corrected chi connectivity index (χ0v) is 10.4. The lowest BCUT2D eigenvalue weighted by Gasteiger charge is -2.16. The first kappa shape index (κ1) is 15.1. The second-order valence-electron chi connectivity index (χ2n) is 3.14. The molecule has 0 saturated heterocycles. The molecule has 0 aromatic heterocycles. The summed E-state index contributed by atoms with van der Waals surface area (Å²) in [7, 11) is -1.83. The highest BCUT2D eigenvalue weighted by atomic mass is 35.5. The van der Waals surface area contributed by atoms with Gasteiger partial charge in [0, 0.05) is 25.6 Å². The van der Waals surface area contributed by atoms with E-state index in [4.69, 9.17) is 21.4 Å². The average Bonchev–Trinajstić information content (AvgIpc) is 2.15. The van der Waals surface area contributed by atoms with Crippen LogP contribution in [0.4, 0.5) is 0 Å². The van der Waals surface area contributed by atoms with E-state index in [1.54, 1.807) is 0 Å². The highest BCUT2D eigenvalue weighted by Gasteiger charge is 2.16. The number of alkyl halides is 1. The number of rotatable bonds is 9. The monoisotopic (exact) mass is 259 g/mol. The largest absolute Gasteiger partial charge is 0.396 e. The molecule has 15 heavy (non-hydrogen) atoms. The molecule has 0 rings (SSSR count). The first-order chi connectivity index (χ1) is 7.05. The summed E-state index contributed by atoms with van der Waals surface area (Å²) in [5.41, 5.74) is 0. The molecule has 0 saturated carbocycles. The van der Waals surface area contributed by atoms with E-state index in [-0.39, 0.29) is 25.0 Å². The predicted molar refractivity (Wildman–Crippen MR) is 59.6 cm³/mol. The number of aliphatic hydroxyl groups is 1. The second-order valence-corrected chi connectivity index (χ2v) is 5.40. The van der Waals surface area contributed by atoms with Gasteiger partial charge in [0.1, 0.15) is 0 Å². The standard InChI is InChI=1S/C8H18ClNO4S/c1-14-7-8(3-5-11)10-15(12,13)6-2-4-9/h8,10-11H,2-7H2,1H3. The minimum Gasteiger partial charge on any atom is -0.396 e. The molecule has 1 atom stereocenters. The number of hydrogen-bond donors (Lipinski definition) is 2. The van der Waals surface area contributed by atoms with Crippen molar-refractivity contribution in [2.24, 2.45) is 0 Å². The fourth-order valence-corrected chi connectivity index (χ4v) is 2.72. The molecule has 0 fully saturated rings. The van der Waals surface area contributed by atoms with Crippen molar-refractivity contribution in [3.63, 3.8) is 0 Å². The molecule has 1 unspecified atom stereocenters. The number of methoxy groups -OCH3 is 1. The Morgan fingerprint density at radius 2 is 2.20 bits per heavy atom. The SMILES string of the molecule is COCC(CCO)NS(=O)(=O)CCCCl. The Labute approximate surface area is 95.8 Å².